The van der Waals surface area contributed by atoms with Crippen LogP contribution in [0.2, 0.25) is 0 Å². The molecule has 0 aliphatic carbocycles. The Morgan fingerprint density at radius 1 is 0.789 bits per heavy atom. The fraction of sp³-hybridized carbons (Fsp3) is 0.407. The van der Waals surface area contributed by atoms with Crippen LogP contribution in [0, 0.1) is 0 Å². The van der Waals surface area contributed by atoms with Crippen molar-refractivity contribution >= 4 is 75.1 Å². The molecule has 1 aliphatic heterocycles. The Bertz CT molecular complexity index is 2970. The molecular formula is C54H69N8O12PS. The molecule has 3 heterocycles. The molecule has 2 aromatic heterocycles. The van der Waals surface area contributed by atoms with Crippen molar-refractivity contribution in [3.8, 4) is 11.3 Å². The molecule has 2 amide bonds. The van der Waals surface area contributed by atoms with E-state index < -0.39 is 6.72 Å². The maximum absolute atomic E-state index is 13.8. The number of aromatic nitrogens is 2. The molecule has 0 fully saturated rings. The lowest BCUT2D eigenvalue weighted by Gasteiger charge is -2.33. The van der Waals surface area contributed by atoms with Crippen molar-refractivity contribution in [2.45, 2.75) is 45.1 Å². The number of nitrogens with zero attached hydrogens (tertiary/aromatic N) is 4. The molecule has 0 bridgehead atoms. The van der Waals surface area contributed by atoms with Crippen LogP contribution in [-0.2, 0) is 56.1 Å². The number of likely N-dealkylation sites (N-methyl/N-ethyl adjacent to an activating group) is 1. The number of unbranched alkanes of at least 4 members (excludes halogenated alkanes) is 3. The summed E-state index contributed by atoms with van der Waals surface area (Å²) in [5, 5.41) is 4.96. The first kappa shape index (κ1) is 57.6. The molecule has 0 spiro atoms. The molecule has 0 saturated carbocycles. The number of anilines is 2. The maximum atomic E-state index is 13.8. The van der Waals surface area contributed by atoms with Gasteiger partial charge in [-0.15, -0.1) is 0 Å². The minimum absolute atomic E-state index is 0.00490. The summed E-state index contributed by atoms with van der Waals surface area (Å²) in [4.78, 5) is 68.8. The van der Waals surface area contributed by atoms with Crippen molar-refractivity contribution in [2.24, 2.45) is 11.6 Å². The third kappa shape index (κ3) is 17.0. The molecule has 6 aromatic rings. The van der Waals surface area contributed by atoms with Crippen LogP contribution in [0.5, 0.6) is 0 Å². The van der Waals surface area contributed by atoms with Crippen molar-refractivity contribution in [2.75, 3.05) is 109 Å². The maximum Gasteiger partial charge on any atom is 0.321 e. The second kappa shape index (κ2) is 29.4. The standard InChI is InChI=1S/C54H69N8O12PS/c1-60(41-16-14-39(15-17-41)48-36-47(63)44-18-19-45-52(54(44)74-48)59-38-58-45)23-26-68-28-30-70-32-34-72-35-33-71-31-29-69-27-24-62(56)53-42-11-5-4-10-40(42)37-61(46-13-7-6-12-43(46)51(53)55)50(65)21-20-49(64)57-22-8-2-3-9-25-73-75(66,67)76/h4-7,10-19,36,38H,2-3,8-9,20-35,37,55-56H2,1H3,(H,57,64)(H,58,59)(H2,66,67,76)/b53-51-. The minimum atomic E-state index is -3.63. The molecule has 20 nitrogen and oxygen atoms in total. The first-order valence-corrected chi connectivity index (χ1v) is 28.1. The van der Waals surface area contributed by atoms with E-state index in [0.717, 1.165) is 47.2 Å². The van der Waals surface area contributed by atoms with Gasteiger partial charge in [0.15, 0.2) is 11.0 Å². The van der Waals surface area contributed by atoms with Gasteiger partial charge in [-0.2, -0.15) is 0 Å². The van der Waals surface area contributed by atoms with Gasteiger partial charge in [-0.05, 0) is 72.7 Å². The van der Waals surface area contributed by atoms with Crippen LogP contribution in [0.1, 0.15) is 55.2 Å². The highest BCUT2D eigenvalue weighted by Crippen LogP contribution is 2.38. The number of imidazole rings is 1. The number of rotatable bonds is 32. The highest BCUT2D eigenvalue weighted by atomic mass is 32.5. The lowest BCUT2D eigenvalue weighted by molar-refractivity contribution is -0.125. The second-order valence-corrected chi connectivity index (χ2v) is 20.6. The Labute approximate surface area is 447 Å². The molecule has 0 radical (unpaired) electrons. The number of hydrogen-bond donors (Lipinski definition) is 6. The summed E-state index contributed by atoms with van der Waals surface area (Å²) in [5.74, 6) is 6.78. The van der Waals surface area contributed by atoms with Crippen LogP contribution in [0.3, 0.4) is 0 Å². The Morgan fingerprint density at radius 3 is 2.12 bits per heavy atom. The van der Waals surface area contributed by atoms with Gasteiger partial charge in [-0.25, -0.2) is 10.8 Å². The first-order chi connectivity index (χ1) is 36.9. The molecule has 0 unspecified atom stereocenters. The quantitative estimate of drug-likeness (QED) is 0.0122. The van der Waals surface area contributed by atoms with E-state index in [9.17, 15) is 14.4 Å². The van der Waals surface area contributed by atoms with E-state index in [1.807, 2.05) is 85.9 Å². The van der Waals surface area contributed by atoms with Crippen molar-refractivity contribution in [1.29, 1.82) is 0 Å². The fourth-order valence-corrected chi connectivity index (χ4v) is 9.14. The highest BCUT2D eigenvalue weighted by Gasteiger charge is 2.28. The molecule has 0 atom stereocenters. The summed E-state index contributed by atoms with van der Waals surface area (Å²) in [6, 6.07) is 28.0. The number of nitrogens with one attached hydrogen (secondary N) is 2. The van der Waals surface area contributed by atoms with Gasteiger partial charge >= 0.3 is 6.72 Å². The van der Waals surface area contributed by atoms with E-state index >= 15 is 0 Å². The summed E-state index contributed by atoms with van der Waals surface area (Å²) in [6.45, 7) is 2.44. The van der Waals surface area contributed by atoms with E-state index in [0.29, 0.717) is 137 Å². The number of fused-ring (bicyclic) bond motifs is 5. The summed E-state index contributed by atoms with van der Waals surface area (Å²) < 4.78 is 39.6. The average molecular weight is 1090 g/mol. The SMILES string of the molecule is CN(CCOCCOCCOCCOCCOCCN(N)/C1=C(\N)c2ccccc2N(C(=O)CCC(=O)NCCCCCCOP(O)(O)=S)Cc2ccccc21)c1ccc(-c2cc(=O)c3ccc4[nH]cnc4c3o2)cc1. The Balaban J connectivity index is 0.730. The number of hydrazine groups is 1. The molecule has 76 heavy (non-hydrogen) atoms. The third-order valence-electron chi connectivity index (χ3n) is 12.6. The smallest absolute Gasteiger partial charge is 0.321 e. The molecule has 4 aromatic carbocycles. The second-order valence-electron chi connectivity index (χ2n) is 17.9. The van der Waals surface area contributed by atoms with Crippen LogP contribution >= 0.6 is 6.72 Å². The van der Waals surface area contributed by atoms with Gasteiger partial charge in [0, 0.05) is 61.4 Å². The van der Waals surface area contributed by atoms with Crippen molar-refractivity contribution < 1.29 is 52.0 Å². The number of amides is 2. The first-order valence-electron chi connectivity index (χ1n) is 25.4. The summed E-state index contributed by atoms with van der Waals surface area (Å²) >= 11 is 4.45. The topological polar surface area (TPSA) is 263 Å². The average Bonchev–Trinajstić information content (AvgIpc) is 3.92. The monoisotopic (exact) mass is 1080 g/mol. The van der Waals surface area contributed by atoms with Gasteiger partial charge in [0.1, 0.15) is 11.3 Å². The largest absolute Gasteiger partial charge is 0.453 e. The van der Waals surface area contributed by atoms with Gasteiger partial charge in [-0.3, -0.25) is 14.4 Å². The Morgan fingerprint density at radius 2 is 1.42 bits per heavy atom. The number of para-hydroxylation sites is 1. The van der Waals surface area contributed by atoms with Gasteiger partial charge in [0.25, 0.3) is 0 Å². The van der Waals surface area contributed by atoms with E-state index in [-0.39, 0.29) is 43.2 Å². The van der Waals surface area contributed by atoms with Crippen LogP contribution in [-0.4, -0.2) is 136 Å². The number of carbonyl (C=O) groups is 2. The number of hydrogen-bond acceptors (Lipinski definition) is 16. The predicted octanol–water partition coefficient (Wildman–Crippen LogP) is 6.05. The lowest BCUT2D eigenvalue weighted by atomic mass is 9.95. The predicted molar refractivity (Wildman–Crippen MR) is 296 cm³/mol. The van der Waals surface area contributed by atoms with E-state index in [4.69, 9.17) is 54.0 Å². The Kier molecular flexibility index (Phi) is 22.3. The number of carbonyl (C=O) groups excluding carboxylic acids is 2. The van der Waals surface area contributed by atoms with E-state index in [1.165, 1.54) is 6.07 Å². The number of aromatic amines is 1. The number of H-pyrrole nitrogens is 1. The van der Waals surface area contributed by atoms with Gasteiger partial charge in [0.05, 0.1) is 120 Å². The zero-order chi connectivity index (χ0) is 53.7. The normalized spacial score (nSPS) is 13.6. The molecule has 22 heteroatoms. The third-order valence-corrected chi connectivity index (χ3v) is 13.4. The summed E-state index contributed by atoms with van der Waals surface area (Å²) in [6.07, 6.45) is 4.60. The molecular weight excluding hydrogens is 1020 g/mol. The van der Waals surface area contributed by atoms with E-state index in [2.05, 4.69) is 32.0 Å². The zero-order valence-electron chi connectivity index (χ0n) is 42.9. The van der Waals surface area contributed by atoms with Crippen LogP contribution < -0.4 is 32.1 Å². The number of benzene rings is 4. The van der Waals surface area contributed by atoms with Crippen molar-refractivity contribution in [3.63, 3.8) is 0 Å². The number of nitrogens with two attached hydrogens (primary N) is 2. The highest BCUT2D eigenvalue weighted by molar-refractivity contribution is 8.06. The van der Waals surface area contributed by atoms with Crippen molar-refractivity contribution in [3.05, 3.63) is 124 Å². The molecule has 8 N–H and O–H groups in total. The minimum Gasteiger partial charge on any atom is -0.453 e. The van der Waals surface area contributed by atoms with Crippen LogP contribution in [0.15, 0.2) is 107 Å². The molecule has 0 saturated heterocycles. The zero-order valence-corrected chi connectivity index (χ0v) is 44.6. The summed E-state index contributed by atoms with van der Waals surface area (Å²) in [5.41, 5.74) is 14.4. The molecule has 1 aliphatic rings. The van der Waals surface area contributed by atoms with Gasteiger partial charge < -0.3 is 73.3 Å². The molecule has 408 valence electrons. The lowest BCUT2D eigenvalue weighted by Crippen LogP contribution is -2.38. The number of ether oxygens (including phenoxy) is 5. The Hall–Kier alpha value is -6.07. The van der Waals surface area contributed by atoms with Crippen LogP contribution in [0.25, 0.3) is 44.7 Å². The van der Waals surface area contributed by atoms with Gasteiger partial charge in [0.2, 0.25) is 11.8 Å². The van der Waals surface area contributed by atoms with Gasteiger partial charge in [-0.1, -0.05) is 55.3 Å². The fourth-order valence-electron chi connectivity index (χ4n) is 8.55. The summed E-state index contributed by atoms with van der Waals surface area (Å²) in [7, 11) is 1.99. The van der Waals surface area contributed by atoms with E-state index in [1.54, 1.807) is 22.3 Å². The molecule has 7 rings (SSSR count). The van der Waals surface area contributed by atoms with Crippen molar-refractivity contribution in [1.82, 2.24) is 20.3 Å². The van der Waals surface area contributed by atoms with Crippen LogP contribution in [0.4, 0.5) is 11.4 Å².